The second-order valence-electron chi connectivity index (χ2n) is 7.43. The molecule has 2 aromatic carbocycles. The lowest BCUT2D eigenvalue weighted by molar-refractivity contribution is -0.142. The highest BCUT2D eigenvalue weighted by atomic mass is 35.5. The Kier molecular flexibility index (Phi) is 8.99. The molecule has 162 valence electrons. The van der Waals surface area contributed by atoms with Crippen LogP contribution in [0.4, 0.5) is 0 Å². The van der Waals surface area contributed by atoms with E-state index in [1.807, 2.05) is 38.1 Å². The van der Waals surface area contributed by atoms with Gasteiger partial charge in [-0.15, -0.1) is 0 Å². The molecule has 2 amide bonds. The van der Waals surface area contributed by atoms with Gasteiger partial charge >= 0.3 is 0 Å². The van der Waals surface area contributed by atoms with Crippen molar-refractivity contribution in [2.24, 2.45) is 5.92 Å². The molecule has 0 aliphatic carbocycles. The first kappa shape index (κ1) is 23.5. The third kappa shape index (κ3) is 7.26. The van der Waals surface area contributed by atoms with E-state index in [4.69, 9.17) is 21.1 Å². The average molecular weight is 433 g/mol. The van der Waals surface area contributed by atoms with Crippen LogP contribution in [-0.2, 0) is 16.1 Å². The van der Waals surface area contributed by atoms with Crippen molar-refractivity contribution >= 4 is 23.4 Å². The number of carbonyl (C=O) groups excluding carboxylic acids is 2. The maximum atomic E-state index is 13.0. The van der Waals surface area contributed by atoms with Crippen molar-refractivity contribution in [3.63, 3.8) is 0 Å². The first-order valence-electron chi connectivity index (χ1n) is 9.88. The summed E-state index contributed by atoms with van der Waals surface area (Å²) >= 11 is 5.97. The number of ether oxygens (including phenoxy) is 2. The fourth-order valence-electron chi connectivity index (χ4n) is 2.79. The van der Waals surface area contributed by atoms with Gasteiger partial charge in [-0.25, -0.2) is 0 Å². The molecule has 0 aliphatic rings. The number of hydrogen-bond acceptors (Lipinski definition) is 4. The Morgan fingerprint density at radius 2 is 1.77 bits per heavy atom. The lowest BCUT2D eigenvalue weighted by Crippen LogP contribution is -2.49. The summed E-state index contributed by atoms with van der Waals surface area (Å²) in [5, 5.41) is 3.41. The second-order valence-corrected chi connectivity index (χ2v) is 7.87. The summed E-state index contributed by atoms with van der Waals surface area (Å²) < 4.78 is 10.9. The van der Waals surface area contributed by atoms with Gasteiger partial charge in [0.15, 0.2) is 6.61 Å². The summed E-state index contributed by atoms with van der Waals surface area (Å²) in [4.78, 5) is 27.1. The number of rotatable bonds is 10. The number of amides is 2. The number of nitrogens with one attached hydrogen (secondary N) is 1. The fourth-order valence-corrected chi connectivity index (χ4v) is 2.97. The van der Waals surface area contributed by atoms with E-state index in [9.17, 15) is 9.59 Å². The summed E-state index contributed by atoms with van der Waals surface area (Å²) in [6.45, 7) is 6.35. The number of carbonyl (C=O) groups is 2. The van der Waals surface area contributed by atoms with E-state index < -0.39 is 6.04 Å². The van der Waals surface area contributed by atoms with Crippen molar-refractivity contribution in [2.75, 3.05) is 20.3 Å². The third-order valence-corrected chi connectivity index (χ3v) is 4.73. The van der Waals surface area contributed by atoms with Crippen LogP contribution in [-0.4, -0.2) is 43.0 Å². The minimum atomic E-state index is -0.662. The normalized spacial score (nSPS) is 11.7. The number of benzene rings is 2. The van der Waals surface area contributed by atoms with Gasteiger partial charge in [0.25, 0.3) is 5.91 Å². The van der Waals surface area contributed by atoms with E-state index in [2.05, 4.69) is 5.32 Å². The first-order chi connectivity index (χ1) is 14.3. The van der Waals surface area contributed by atoms with Crippen LogP contribution >= 0.6 is 11.6 Å². The summed E-state index contributed by atoms with van der Waals surface area (Å²) in [5.41, 5.74) is 0.856. The summed E-state index contributed by atoms with van der Waals surface area (Å²) in [6, 6.07) is 13.6. The molecule has 0 spiro atoms. The van der Waals surface area contributed by atoms with Crippen LogP contribution < -0.4 is 14.8 Å². The van der Waals surface area contributed by atoms with E-state index in [0.717, 1.165) is 5.56 Å². The molecular weight excluding hydrogens is 404 g/mol. The van der Waals surface area contributed by atoms with Gasteiger partial charge in [0.05, 0.1) is 7.11 Å². The van der Waals surface area contributed by atoms with Gasteiger partial charge in [0.1, 0.15) is 17.5 Å². The zero-order chi connectivity index (χ0) is 22.1. The van der Waals surface area contributed by atoms with Crippen molar-refractivity contribution in [3.05, 3.63) is 59.1 Å². The Hall–Kier alpha value is -2.73. The van der Waals surface area contributed by atoms with Gasteiger partial charge in [-0.1, -0.05) is 43.6 Å². The van der Waals surface area contributed by atoms with Crippen molar-refractivity contribution in [2.45, 2.75) is 33.4 Å². The Labute approximate surface area is 183 Å². The lowest BCUT2D eigenvalue weighted by Gasteiger charge is -2.29. The number of nitrogens with zero attached hydrogens (tertiary/aromatic N) is 1. The first-order valence-corrected chi connectivity index (χ1v) is 10.3. The standard InChI is InChI=1S/C23H29ClN2O4/c1-16(2)13-25-23(28)17(3)26(14-18-7-5-9-20(11-18)29-4)22(27)15-30-21-10-6-8-19(24)12-21/h5-12,16-17H,13-15H2,1-4H3,(H,25,28). The minimum Gasteiger partial charge on any atom is -0.497 e. The second kappa shape index (κ2) is 11.5. The molecule has 0 saturated heterocycles. The molecule has 0 saturated carbocycles. The van der Waals surface area contributed by atoms with Gasteiger partial charge in [0, 0.05) is 18.1 Å². The highest BCUT2D eigenvalue weighted by Crippen LogP contribution is 2.19. The van der Waals surface area contributed by atoms with E-state index in [1.165, 1.54) is 4.90 Å². The minimum absolute atomic E-state index is 0.202. The predicted molar refractivity (Wildman–Crippen MR) is 118 cm³/mol. The van der Waals surface area contributed by atoms with Crippen LogP contribution in [0, 0.1) is 5.92 Å². The van der Waals surface area contributed by atoms with E-state index >= 15 is 0 Å². The highest BCUT2D eigenvalue weighted by molar-refractivity contribution is 6.30. The molecule has 0 radical (unpaired) electrons. The fraction of sp³-hybridized carbons (Fsp3) is 0.391. The molecule has 0 aliphatic heterocycles. The SMILES string of the molecule is COc1cccc(CN(C(=O)COc2cccc(Cl)c2)C(C)C(=O)NCC(C)C)c1. The third-order valence-electron chi connectivity index (χ3n) is 4.50. The van der Waals surface area contributed by atoms with Crippen molar-refractivity contribution < 1.29 is 19.1 Å². The highest BCUT2D eigenvalue weighted by Gasteiger charge is 2.26. The smallest absolute Gasteiger partial charge is 0.261 e. The largest absolute Gasteiger partial charge is 0.497 e. The van der Waals surface area contributed by atoms with Gasteiger partial charge < -0.3 is 19.7 Å². The lowest BCUT2D eigenvalue weighted by atomic mass is 10.1. The Morgan fingerprint density at radius 3 is 2.43 bits per heavy atom. The maximum Gasteiger partial charge on any atom is 0.261 e. The molecule has 30 heavy (non-hydrogen) atoms. The zero-order valence-corrected chi connectivity index (χ0v) is 18.6. The molecule has 2 rings (SSSR count). The summed E-state index contributed by atoms with van der Waals surface area (Å²) in [5.74, 6) is 0.989. The van der Waals surface area contributed by atoms with E-state index in [0.29, 0.717) is 29.0 Å². The summed E-state index contributed by atoms with van der Waals surface area (Å²) in [7, 11) is 1.59. The van der Waals surface area contributed by atoms with Crippen LogP contribution in [0.1, 0.15) is 26.3 Å². The Bertz CT molecular complexity index is 857. The van der Waals surface area contributed by atoms with Crippen LogP contribution in [0.2, 0.25) is 5.02 Å². The quantitative estimate of drug-likeness (QED) is 0.618. The van der Waals surface area contributed by atoms with E-state index in [-0.39, 0.29) is 25.0 Å². The van der Waals surface area contributed by atoms with Crippen LogP contribution in [0.5, 0.6) is 11.5 Å². The molecular formula is C23H29ClN2O4. The Balaban J connectivity index is 2.15. The predicted octanol–water partition coefficient (Wildman–Crippen LogP) is 3.92. The van der Waals surface area contributed by atoms with Crippen LogP contribution in [0.25, 0.3) is 0 Å². The molecule has 0 bridgehead atoms. The molecule has 0 aromatic heterocycles. The molecule has 0 fully saturated rings. The van der Waals surface area contributed by atoms with E-state index in [1.54, 1.807) is 38.3 Å². The molecule has 1 atom stereocenters. The molecule has 1 N–H and O–H groups in total. The zero-order valence-electron chi connectivity index (χ0n) is 17.9. The van der Waals surface area contributed by atoms with Crippen molar-refractivity contribution in [1.29, 1.82) is 0 Å². The Morgan fingerprint density at radius 1 is 1.07 bits per heavy atom. The molecule has 6 nitrogen and oxygen atoms in total. The molecule has 7 heteroatoms. The number of hydrogen-bond donors (Lipinski definition) is 1. The molecule has 1 unspecified atom stereocenters. The average Bonchev–Trinajstić information content (AvgIpc) is 2.73. The van der Waals surface area contributed by atoms with Crippen molar-refractivity contribution in [3.8, 4) is 11.5 Å². The molecule has 0 heterocycles. The molecule has 2 aromatic rings. The van der Waals surface area contributed by atoms with Crippen molar-refractivity contribution in [1.82, 2.24) is 10.2 Å². The van der Waals surface area contributed by atoms with Gasteiger partial charge in [-0.05, 0) is 48.7 Å². The monoisotopic (exact) mass is 432 g/mol. The maximum absolute atomic E-state index is 13.0. The van der Waals surface area contributed by atoms with Crippen LogP contribution in [0.15, 0.2) is 48.5 Å². The van der Waals surface area contributed by atoms with Gasteiger partial charge in [-0.2, -0.15) is 0 Å². The van der Waals surface area contributed by atoms with Crippen LogP contribution in [0.3, 0.4) is 0 Å². The topological polar surface area (TPSA) is 67.9 Å². The number of methoxy groups -OCH3 is 1. The summed E-state index contributed by atoms with van der Waals surface area (Å²) in [6.07, 6.45) is 0. The van der Waals surface area contributed by atoms with Gasteiger partial charge in [-0.3, -0.25) is 9.59 Å². The van der Waals surface area contributed by atoms with Gasteiger partial charge in [0.2, 0.25) is 5.91 Å². The number of halogens is 1.